The molecule has 162 valence electrons. The van der Waals surface area contributed by atoms with Gasteiger partial charge in [-0.05, 0) is 54.8 Å². The Balaban J connectivity index is 0.000000497. The van der Waals surface area contributed by atoms with Crippen molar-refractivity contribution in [1.29, 1.82) is 0 Å². The molecule has 30 heavy (non-hydrogen) atoms. The summed E-state index contributed by atoms with van der Waals surface area (Å²) in [6.45, 7) is 7.94. The van der Waals surface area contributed by atoms with E-state index in [-0.39, 0.29) is 11.6 Å². The summed E-state index contributed by atoms with van der Waals surface area (Å²) in [4.78, 5) is 21.3. The molecule has 0 N–H and O–H groups in total. The van der Waals surface area contributed by atoms with Gasteiger partial charge in [0.2, 0.25) is 0 Å². The van der Waals surface area contributed by atoms with Crippen LogP contribution in [0.15, 0.2) is 60.7 Å². The summed E-state index contributed by atoms with van der Waals surface area (Å²) < 4.78 is 10.00. The van der Waals surface area contributed by atoms with Crippen LogP contribution < -0.4 is 4.74 Å². The minimum Gasteiger partial charge on any atom is -0.497 e. The Labute approximate surface area is 181 Å². The minimum absolute atomic E-state index is 0.0517. The fraction of sp³-hybridized carbons (Fsp3) is 0.308. The maximum atomic E-state index is 10.7. The van der Waals surface area contributed by atoms with E-state index in [1.807, 2.05) is 48.5 Å². The number of rotatable bonds is 7. The second kappa shape index (κ2) is 16.9. The van der Waals surface area contributed by atoms with Crippen LogP contribution in [0.4, 0.5) is 0 Å². The molecule has 0 spiro atoms. The zero-order chi connectivity index (χ0) is 22.8. The summed E-state index contributed by atoms with van der Waals surface area (Å²) >= 11 is 0. The first-order valence-corrected chi connectivity index (χ1v) is 9.95. The van der Waals surface area contributed by atoms with Gasteiger partial charge in [-0.3, -0.25) is 9.59 Å². The predicted octanol–water partition coefficient (Wildman–Crippen LogP) is 6.15. The number of hydrogen-bond donors (Lipinski definition) is 0. The molecule has 4 nitrogen and oxygen atoms in total. The van der Waals surface area contributed by atoms with Crippen molar-refractivity contribution in [3.8, 4) is 5.75 Å². The van der Waals surface area contributed by atoms with E-state index >= 15 is 0 Å². The molecule has 0 saturated heterocycles. The highest BCUT2D eigenvalue weighted by atomic mass is 16.5. The molecule has 0 saturated carbocycles. The van der Waals surface area contributed by atoms with Crippen LogP contribution in [0.2, 0.25) is 0 Å². The van der Waals surface area contributed by atoms with E-state index in [1.54, 1.807) is 38.5 Å². The summed E-state index contributed by atoms with van der Waals surface area (Å²) in [5.74, 6) is 0.932. The average Bonchev–Trinajstić information content (AvgIpc) is 2.73. The number of carbonyl (C=O) groups is 2. The Hall–Kier alpha value is -2.98. The van der Waals surface area contributed by atoms with Crippen molar-refractivity contribution in [2.75, 3.05) is 14.2 Å². The van der Waals surface area contributed by atoms with Gasteiger partial charge in [0.15, 0.2) is 11.6 Å². The van der Waals surface area contributed by atoms with Crippen molar-refractivity contribution in [2.24, 2.45) is 0 Å². The molecule has 0 fully saturated rings. The topological polar surface area (TPSA) is 52.6 Å². The molecule has 2 rings (SSSR count). The highest BCUT2D eigenvalue weighted by molar-refractivity contribution is 5.91. The molecule has 0 aromatic heterocycles. The number of allylic oxidation sites excluding steroid dienone is 2. The van der Waals surface area contributed by atoms with Crippen LogP contribution in [0.25, 0.3) is 12.2 Å². The number of hydrogen-bond acceptors (Lipinski definition) is 4. The fourth-order valence-electron chi connectivity index (χ4n) is 2.03. The number of ketones is 2. The average molecular weight is 411 g/mol. The van der Waals surface area contributed by atoms with E-state index in [4.69, 9.17) is 9.47 Å². The molecular weight excluding hydrogens is 376 g/mol. The highest BCUT2D eigenvalue weighted by Gasteiger charge is 1.92. The summed E-state index contributed by atoms with van der Waals surface area (Å²) in [6.07, 6.45) is 7.94. The van der Waals surface area contributed by atoms with Crippen LogP contribution in [0.3, 0.4) is 0 Å². The van der Waals surface area contributed by atoms with Crippen LogP contribution in [-0.2, 0) is 20.9 Å². The SMILES string of the molecule is CCC.COCc1ccc(/C=C/C(C)=O)cc1.COc1ccc(/C=C/C(C)=O)cc1. The molecule has 4 heteroatoms. The van der Waals surface area contributed by atoms with Gasteiger partial charge in [0.25, 0.3) is 0 Å². The third kappa shape index (κ3) is 14.1. The smallest absolute Gasteiger partial charge is 0.152 e. The fourth-order valence-corrected chi connectivity index (χ4v) is 2.03. The Kier molecular flexibility index (Phi) is 15.2. The molecule has 0 unspecified atom stereocenters. The lowest BCUT2D eigenvalue weighted by atomic mass is 10.1. The molecular formula is C26H34O4. The summed E-state index contributed by atoms with van der Waals surface area (Å²) in [6, 6.07) is 15.4. The summed E-state index contributed by atoms with van der Waals surface area (Å²) in [7, 11) is 3.30. The molecule has 0 bridgehead atoms. The van der Waals surface area contributed by atoms with Crippen LogP contribution in [0.5, 0.6) is 5.75 Å². The van der Waals surface area contributed by atoms with E-state index in [9.17, 15) is 9.59 Å². The lowest BCUT2D eigenvalue weighted by molar-refractivity contribution is -0.113. The van der Waals surface area contributed by atoms with Crippen molar-refractivity contribution in [1.82, 2.24) is 0 Å². The number of ether oxygens (including phenoxy) is 2. The summed E-state index contributed by atoms with van der Waals surface area (Å²) in [5, 5.41) is 0. The van der Waals surface area contributed by atoms with Crippen LogP contribution in [0, 0.1) is 0 Å². The van der Waals surface area contributed by atoms with Gasteiger partial charge in [0.1, 0.15) is 5.75 Å². The predicted molar refractivity (Wildman–Crippen MR) is 126 cm³/mol. The van der Waals surface area contributed by atoms with Crippen LogP contribution in [0.1, 0.15) is 50.8 Å². The lowest BCUT2D eigenvalue weighted by Gasteiger charge is -1.99. The maximum Gasteiger partial charge on any atom is 0.152 e. The Morgan fingerprint density at radius 1 is 0.767 bits per heavy atom. The van der Waals surface area contributed by atoms with Gasteiger partial charge >= 0.3 is 0 Å². The van der Waals surface area contributed by atoms with Gasteiger partial charge in [0.05, 0.1) is 13.7 Å². The molecule has 2 aromatic carbocycles. The number of benzene rings is 2. The van der Waals surface area contributed by atoms with Gasteiger partial charge in [0, 0.05) is 7.11 Å². The molecule has 0 aliphatic carbocycles. The normalized spacial score (nSPS) is 10.1. The first-order chi connectivity index (χ1) is 14.4. The second-order valence-electron chi connectivity index (χ2n) is 6.54. The van der Waals surface area contributed by atoms with Crippen LogP contribution in [-0.4, -0.2) is 25.8 Å². The maximum absolute atomic E-state index is 10.7. The first kappa shape index (κ1) is 27.0. The van der Waals surface area contributed by atoms with Crippen LogP contribution >= 0.6 is 0 Å². The third-order valence-corrected chi connectivity index (χ3v) is 3.43. The summed E-state index contributed by atoms with van der Waals surface area (Å²) in [5.41, 5.74) is 3.16. The van der Waals surface area contributed by atoms with E-state index in [2.05, 4.69) is 13.8 Å². The zero-order valence-electron chi connectivity index (χ0n) is 19.0. The van der Waals surface area contributed by atoms with Crippen molar-refractivity contribution in [3.63, 3.8) is 0 Å². The zero-order valence-corrected chi connectivity index (χ0v) is 19.0. The van der Waals surface area contributed by atoms with Gasteiger partial charge in [-0.15, -0.1) is 0 Å². The standard InChI is InChI=1S/C12H14O2.C11H12O2.C3H8/c1-10(13)3-4-11-5-7-12(8-6-11)9-14-2;1-9(12)3-4-10-5-7-11(13-2)8-6-10;1-3-2/h3-8H,9H2,1-2H3;3-8H,1-2H3;3H2,1-2H3/b2*4-3+;. The van der Waals surface area contributed by atoms with E-state index in [0.717, 1.165) is 22.4 Å². The van der Waals surface area contributed by atoms with Crippen molar-refractivity contribution in [3.05, 3.63) is 77.4 Å². The highest BCUT2D eigenvalue weighted by Crippen LogP contribution is 2.12. The lowest BCUT2D eigenvalue weighted by Crippen LogP contribution is -1.86. The largest absolute Gasteiger partial charge is 0.497 e. The van der Waals surface area contributed by atoms with E-state index in [0.29, 0.717) is 6.61 Å². The quantitative estimate of drug-likeness (QED) is 0.514. The molecule has 0 aliphatic rings. The van der Waals surface area contributed by atoms with Gasteiger partial charge in [-0.1, -0.05) is 68.8 Å². The monoisotopic (exact) mass is 410 g/mol. The molecule has 0 atom stereocenters. The number of carbonyl (C=O) groups excluding carboxylic acids is 2. The van der Waals surface area contributed by atoms with Gasteiger partial charge < -0.3 is 9.47 Å². The first-order valence-electron chi connectivity index (χ1n) is 9.95. The Morgan fingerprint density at radius 3 is 1.50 bits per heavy atom. The third-order valence-electron chi connectivity index (χ3n) is 3.43. The van der Waals surface area contributed by atoms with E-state index < -0.39 is 0 Å². The van der Waals surface area contributed by atoms with Crippen molar-refractivity contribution < 1.29 is 19.1 Å². The minimum atomic E-state index is 0.0517. The van der Waals surface area contributed by atoms with Gasteiger partial charge in [-0.2, -0.15) is 0 Å². The van der Waals surface area contributed by atoms with Crippen molar-refractivity contribution in [2.45, 2.75) is 40.7 Å². The Morgan fingerprint density at radius 2 is 1.17 bits per heavy atom. The van der Waals surface area contributed by atoms with E-state index in [1.165, 1.54) is 20.3 Å². The number of methoxy groups -OCH3 is 2. The second-order valence-corrected chi connectivity index (χ2v) is 6.54. The Bertz CT molecular complexity index is 785. The molecule has 0 amide bonds. The van der Waals surface area contributed by atoms with Gasteiger partial charge in [-0.25, -0.2) is 0 Å². The molecule has 2 aromatic rings. The molecule has 0 heterocycles. The molecule has 0 aliphatic heterocycles. The van der Waals surface area contributed by atoms with Crippen molar-refractivity contribution >= 4 is 23.7 Å². The molecule has 0 radical (unpaired) electrons.